The van der Waals surface area contributed by atoms with Gasteiger partial charge in [-0.1, -0.05) is 35.9 Å². The molecule has 4 aliphatic heterocycles. The Labute approximate surface area is 418 Å². The van der Waals surface area contributed by atoms with Crippen LogP contribution < -0.4 is 36.6 Å². The van der Waals surface area contributed by atoms with Crippen molar-refractivity contribution >= 4 is 76.9 Å². The number of anilines is 2. The van der Waals surface area contributed by atoms with Crippen LogP contribution in [0.1, 0.15) is 66.6 Å². The van der Waals surface area contributed by atoms with Crippen LogP contribution in [0.15, 0.2) is 66.7 Å². The summed E-state index contributed by atoms with van der Waals surface area (Å²) in [6.45, 7) is 4.06. The first kappa shape index (κ1) is 52.2. The molecule has 0 radical (unpaired) electrons. The van der Waals surface area contributed by atoms with Crippen molar-refractivity contribution in [1.82, 2.24) is 35.6 Å². The van der Waals surface area contributed by atoms with Gasteiger partial charge in [0.1, 0.15) is 41.2 Å². The average Bonchev–Trinajstić information content (AvgIpc) is 3.97. The first-order valence-electron chi connectivity index (χ1n) is 23.8. The second kappa shape index (κ2) is 21.9. The number of piperazine rings is 1. The van der Waals surface area contributed by atoms with E-state index in [4.69, 9.17) is 22.1 Å². The van der Waals surface area contributed by atoms with E-state index in [0.717, 1.165) is 42.2 Å². The van der Waals surface area contributed by atoms with Crippen molar-refractivity contribution in [3.63, 3.8) is 0 Å². The topological polar surface area (TPSA) is 272 Å². The van der Waals surface area contributed by atoms with Gasteiger partial charge >= 0.3 is 13.3 Å². The van der Waals surface area contributed by atoms with Gasteiger partial charge in [0.05, 0.1) is 11.7 Å². The third-order valence-corrected chi connectivity index (χ3v) is 15.0. The minimum absolute atomic E-state index is 0.0649. The predicted octanol–water partition coefficient (Wildman–Crippen LogP) is 3.21. The van der Waals surface area contributed by atoms with Crippen molar-refractivity contribution in [2.45, 2.75) is 87.4 Å². The SMILES string of the molecule is CN1CC[C@H]2CC[C@@H](C(=O)N[C@@H](CCC(N)=O)COc3cccc(N4CCN(Cc5cccc(NC6CCC(=O)NC6=O)c5)CC4)c3Cl)N2C(=O)[C@@H](NC(=O)c2cc3cc(C(F)(F)P(=O)(O)O)ccc3[nH]2)C1. The van der Waals surface area contributed by atoms with Gasteiger partial charge in [-0.3, -0.25) is 43.5 Å². The molecule has 4 aromatic rings. The molecule has 72 heavy (non-hydrogen) atoms. The Morgan fingerprint density at radius 2 is 1.72 bits per heavy atom. The monoisotopic (exact) mass is 1040 g/mol. The number of halogens is 3. The van der Waals surface area contributed by atoms with Gasteiger partial charge in [-0.2, -0.15) is 8.78 Å². The highest BCUT2D eigenvalue weighted by molar-refractivity contribution is 7.52. The van der Waals surface area contributed by atoms with Gasteiger partial charge in [-0.05, 0) is 93.7 Å². The number of alkyl halides is 2. The minimum atomic E-state index is -5.84. The highest BCUT2D eigenvalue weighted by Gasteiger charge is 2.50. The molecule has 0 bridgehead atoms. The number of carbonyl (C=O) groups is 6. The third-order valence-electron chi connectivity index (χ3n) is 13.7. The predicted molar refractivity (Wildman–Crippen MR) is 262 cm³/mol. The number of piperidine rings is 1. The molecule has 3 aromatic carbocycles. The van der Waals surface area contributed by atoms with E-state index in [9.17, 15) is 51.9 Å². The number of aromatic nitrogens is 1. The lowest BCUT2D eigenvalue weighted by atomic mass is 10.1. The van der Waals surface area contributed by atoms with Crippen molar-refractivity contribution in [3.8, 4) is 5.75 Å². The average molecular weight is 1040 g/mol. The van der Waals surface area contributed by atoms with Crippen LogP contribution >= 0.6 is 19.2 Å². The van der Waals surface area contributed by atoms with Crippen LogP contribution in [0.25, 0.3) is 10.9 Å². The largest absolute Gasteiger partial charge is 0.490 e. The number of aromatic amines is 1. The fourth-order valence-corrected chi connectivity index (χ4v) is 10.6. The zero-order valence-electron chi connectivity index (χ0n) is 39.5. The molecule has 0 spiro atoms. The Bertz CT molecular complexity index is 2770. The number of likely N-dealkylation sites (N-methyl/N-ethyl adjacent to an activating group) is 1. The van der Waals surface area contributed by atoms with Gasteiger partial charge in [0.25, 0.3) is 5.91 Å². The molecule has 9 N–H and O–H groups in total. The number of amides is 6. The molecule has 0 aliphatic carbocycles. The summed E-state index contributed by atoms with van der Waals surface area (Å²) in [7, 11) is -4.04. The highest BCUT2D eigenvalue weighted by Crippen LogP contribution is 2.59. The molecule has 1 aromatic heterocycles. The molecule has 5 heterocycles. The lowest BCUT2D eigenvalue weighted by Crippen LogP contribution is -2.60. The van der Waals surface area contributed by atoms with E-state index in [1.54, 1.807) is 13.1 Å². The molecule has 6 amide bonds. The molecular weight excluding hydrogens is 981 g/mol. The van der Waals surface area contributed by atoms with Crippen molar-refractivity contribution in [2.75, 3.05) is 63.1 Å². The zero-order valence-corrected chi connectivity index (χ0v) is 41.1. The molecule has 1 unspecified atom stereocenters. The molecule has 24 heteroatoms. The fourth-order valence-electron chi connectivity index (χ4n) is 9.79. The van der Waals surface area contributed by atoms with Crippen LogP contribution in [-0.2, 0) is 40.7 Å². The number of nitrogens with two attached hydrogens (primary N) is 1. The summed E-state index contributed by atoms with van der Waals surface area (Å²) in [6, 6.07) is 13.9. The molecule has 0 saturated carbocycles. The molecule has 4 saturated heterocycles. The normalized spacial score (nSPS) is 21.9. The number of hydrogen-bond donors (Lipinski definition) is 8. The summed E-state index contributed by atoms with van der Waals surface area (Å²) in [5, 5.41) is 11.8. The minimum Gasteiger partial charge on any atom is -0.490 e. The standard InChI is InChI=1S/C48H58ClF2N10O10P/c1-58-17-16-33-10-13-39(61(33)47(67)37(26-58)56-45(65)36-24-29-23-30(8-11-34(29)55-36)48(50,51)72(68,69)70)46(66)54-32(9-14-41(52)62)27-71-40-7-3-6-38(43(40)49)60-20-18-59(19-21-60)25-28-4-2-5-31(22-28)53-35-12-15-42(63)57-44(35)64/h2-8,11,22-24,32-33,35,37,39,53,55H,9-10,12-21,25-27H2,1H3,(H2,52,62)(H,54,66)(H,56,65)(H,57,63,64)(H2,68,69,70)/t32-,33+,35?,37-,39-/m0/s1. The van der Waals surface area contributed by atoms with Gasteiger partial charge in [-0.25, -0.2) is 0 Å². The highest BCUT2D eigenvalue weighted by atomic mass is 35.5. The van der Waals surface area contributed by atoms with E-state index in [1.807, 2.05) is 41.3 Å². The van der Waals surface area contributed by atoms with Gasteiger partial charge < -0.3 is 55.9 Å². The number of imide groups is 1. The summed E-state index contributed by atoms with van der Waals surface area (Å²) >= 11 is 6.99. The Hall–Kier alpha value is -6.16. The number of nitrogens with one attached hydrogen (secondary N) is 5. The smallest absolute Gasteiger partial charge is 0.399 e. The number of fused-ring (bicyclic) bond motifs is 2. The number of benzene rings is 3. The Kier molecular flexibility index (Phi) is 15.9. The van der Waals surface area contributed by atoms with Crippen LogP contribution in [0.4, 0.5) is 20.2 Å². The Morgan fingerprint density at radius 3 is 2.46 bits per heavy atom. The summed E-state index contributed by atoms with van der Waals surface area (Å²) in [4.78, 5) is 107. The van der Waals surface area contributed by atoms with E-state index in [1.165, 1.54) is 17.0 Å². The third kappa shape index (κ3) is 12.0. The van der Waals surface area contributed by atoms with E-state index < -0.39 is 66.6 Å². The van der Waals surface area contributed by atoms with E-state index >= 15 is 0 Å². The maximum Gasteiger partial charge on any atom is 0.399 e. The van der Waals surface area contributed by atoms with E-state index in [2.05, 4.69) is 36.1 Å². The maximum absolute atomic E-state index is 14.5. The number of ether oxygens (including phenoxy) is 1. The molecule has 386 valence electrons. The van der Waals surface area contributed by atoms with Crippen LogP contribution in [0.3, 0.4) is 0 Å². The van der Waals surface area contributed by atoms with Crippen molar-refractivity contribution < 1.29 is 56.6 Å². The van der Waals surface area contributed by atoms with Crippen molar-refractivity contribution in [3.05, 3.63) is 88.6 Å². The number of hydrogen-bond acceptors (Lipinski definition) is 12. The Balaban J connectivity index is 0.885. The van der Waals surface area contributed by atoms with E-state index in [-0.39, 0.29) is 66.9 Å². The number of nitrogens with zero attached hydrogens (tertiary/aromatic N) is 4. The van der Waals surface area contributed by atoms with Crippen LogP contribution in [-0.4, -0.2) is 148 Å². The molecular formula is C48H58ClF2N10O10P. The quantitative estimate of drug-likeness (QED) is 0.0558. The number of primary amides is 1. The van der Waals surface area contributed by atoms with Crippen molar-refractivity contribution in [2.24, 2.45) is 5.73 Å². The van der Waals surface area contributed by atoms with Crippen LogP contribution in [0.2, 0.25) is 5.02 Å². The summed E-state index contributed by atoms with van der Waals surface area (Å²) in [5.74, 6) is -2.53. The van der Waals surface area contributed by atoms with E-state index in [0.29, 0.717) is 62.6 Å². The summed E-state index contributed by atoms with van der Waals surface area (Å²) < 4.78 is 46.7. The molecule has 4 aliphatic rings. The Morgan fingerprint density at radius 1 is 0.958 bits per heavy atom. The maximum atomic E-state index is 14.5. The lowest BCUT2D eigenvalue weighted by molar-refractivity contribution is -0.143. The summed E-state index contributed by atoms with van der Waals surface area (Å²) in [6.07, 6.45) is 2.19. The van der Waals surface area contributed by atoms with Crippen LogP contribution in [0.5, 0.6) is 5.75 Å². The fraction of sp³-hybridized carbons (Fsp3) is 0.458. The lowest BCUT2D eigenvalue weighted by Gasteiger charge is -2.38. The van der Waals surface area contributed by atoms with Gasteiger partial charge in [0.15, 0.2) is 0 Å². The molecule has 20 nitrogen and oxygen atoms in total. The first-order chi connectivity index (χ1) is 34.2. The molecule has 4 fully saturated rings. The number of carbonyl (C=O) groups excluding carboxylic acids is 6. The first-order valence-corrected chi connectivity index (χ1v) is 25.8. The number of rotatable bonds is 17. The van der Waals surface area contributed by atoms with Crippen molar-refractivity contribution in [1.29, 1.82) is 0 Å². The second-order valence-corrected chi connectivity index (χ2v) is 20.9. The number of H-pyrrole nitrogens is 1. The molecule has 5 atom stereocenters. The van der Waals surface area contributed by atoms with Gasteiger partial charge in [0.2, 0.25) is 29.5 Å². The summed E-state index contributed by atoms with van der Waals surface area (Å²) in [5.41, 5.74) is 2.94. The molecule has 8 rings (SSSR count). The van der Waals surface area contributed by atoms with Gasteiger partial charge in [0, 0.05) is 80.3 Å². The second-order valence-electron chi connectivity index (χ2n) is 18.9. The van der Waals surface area contributed by atoms with Crippen LogP contribution in [0, 0.1) is 0 Å². The van der Waals surface area contributed by atoms with Gasteiger partial charge in [-0.15, -0.1) is 0 Å². The zero-order chi connectivity index (χ0) is 51.5.